The van der Waals surface area contributed by atoms with E-state index in [9.17, 15) is 9.59 Å². The normalized spacial score (nSPS) is 14.3. The van der Waals surface area contributed by atoms with Crippen LogP contribution in [0.3, 0.4) is 0 Å². The lowest BCUT2D eigenvalue weighted by molar-refractivity contribution is -0.138. The highest BCUT2D eigenvalue weighted by molar-refractivity contribution is 6.04. The first-order chi connectivity index (χ1) is 14.9. The molecule has 0 atom stereocenters. The Balaban J connectivity index is 1.65. The van der Waals surface area contributed by atoms with Crippen LogP contribution in [0.2, 0.25) is 0 Å². The molecule has 1 fully saturated rings. The number of benzene rings is 1. The smallest absolute Gasteiger partial charge is 0.339 e. The van der Waals surface area contributed by atoms with Crippen LogP contribution in [-0.2, 0) is 14.3 Å². The summed E-state index contributed by atoms with van der Waals surface area (Å²) < 4.78 is 12.4. The maximum absolute atomic E-state index is 13.0. The van der Waals surface area contributed by atoms with Crippen molar-refractivity contribution in [3.05, 3.63) is 47.7 Å². The van der Waals surface area contributed by atoms with E-state index in [1.54, 1.807) is 21.8 Å². The molecule has 3 heterocycles. The number of nitrogens with zero attached hydrogens (tertiary/aromatic N) is 4. The summed E-state index contributed by atoms with van der Waals surface area (Å²) in [5, 5.41) is 5.02. The first-order valence-electron chi connectivity index (χ1n) is 10.4. The van der Waals surface area contributed by atoms with E-state index in [4.69, 9.17) is 14.5 Å². The fraction of sp³-hybridized carbons (Fsp3) is 0.391. The van der Waals surface area contributed by atoms with Crippen molar-refractivity contribution in [3.63, 3.8) is 0 Å². The second-order valence-electron chi connectivity index (χ2n) is 7.91. The molecule has 0 bridgehead atoms. The zero-order valence-electron chi connectivity index (χ0n) is 18.0. The van der Waals surface area contributed by atoms with E-state index >= 15 is 0 Å². The van der Waals surface area contributed by atoms with Gasteiger partial charge in [0, 0.05) is 24.7 Å². The molecule has 0 spiro atoms. The van der Waals surface area contributed by atoms with Gasteiger partial charge in [0.15, 0.2) is 12.3 Å². The van der Waals surface area contributed by atoms with Gasteiger partial charge < -0.3 is 14.4 Å². The Hall–Kier alpha value is -3.26. The Kier molecular flexibility index (Phi) is 5.99. The predicted octanol–water partition coefficient (Wildman–Crippen LogP) is 3.00. The summed E-state index contributed by atoms with van der Waals surface area (Å²) in [6, 6.07) is 9.72. The largest absolute Gasteiger partial charge is 0.452 e. The molecule has 0 unspecified atom stereocenters. The first-order valence-corrected chi connectivity index (χ1v) is 10.4. The van der Waals surface area contributed by atoms with Gasteiger partial charge in [-0.1, -0.05) is 29.8 Å². The molecule has 1 aliphatic rings. The number of pyridine rings is 1. The van der Waals surface area contributed by atoms with Crippen LogP contribution in [0.15, 0.2) is 36.5 Å². The highest BCUT2D eigenvalue weighted by Gasteiger charge is 2.22. The zero-order chi connectivity index (χ0) is 22.0. The summed E-state index contributed by atoms with van der Waals surface area (Å²) in [6.45, 7) is 7.74. The number of carbonyl (C=O) groups excluding carboxylic acids is 2. The van der Waals surface area contributed by atoms with E-state index in [0.717, 1.165) is 11.1 Å². The molecule has 8 nitrogen and oxygen atoms in total. The number of amides is 1. The Morgan fingerprint density at radius 3 is 2.55 bits per heavy atom. The first kappa shape index (κ1) is 21.0. The van der Waals surface area contributed by atoms with Crippen LogP contribution in [0.25, 0.3) is 22.3 Å². The molecule has 31 heavy (non-hydrogen) atoms. The molecular weight excluding hydrogens is 396 g/mol. The van der Waals surface area contributed by atoms with Gasteiger partial charge in [-0.2, -0.15) is 5.10 Å². The molecule has 0 aliphatic carbocycles. The second kappa shape index (κ2) is 8.85. The van der Waals surface area contributed by atoms with Gasteiger partial charge in [0.2, 0.25) is 0 Å². The minimum Gasteiger partial charge on any atom is -0.452 e. The molecule has 3 aromatic rings. The van der Waals surface area contributed by atoms with Crippen molar-refractivity contribution in [2.45, 2.75) is 26.8 Å². The number of carbonyl (C=O) groups is 2. The molecule has 1 amide bonds. The molecule has 162 valence electrons. The topological polar surface area (TPSA) is 86.5 Å². The zero-order valence-corrected chi connectivity index (χ0v) is 18.0. The van der Waals surface area contributed by atoms with Crippen LogP contribution in [0, 0.1) is 6.92 Å². The Morgan fingerprint density at radius 2 is 1.87 bits per heavy atom. The van der Waals surface area contributed by atoms with Crippen molar-refractivity contribution < 1.29 is 19.1 Å². The van der Waals surface area contributed by atoms with Gasteiger partial charge in [-0.3, -0.25) is 4.79 Å². The van der Waals surface area contributed by atoms with Crippen LogP contribution in [0.1, 0.15) is 35.8 Å². The van der Waals surface area contributed by atoms with Crippen molar-refractivity contribution in [1.29, 1.82) is 0 Å². The standard InChI is InChI=1S/C23H26N4O4/c1-15(2)27-22-19(13-24-27)18(12-20(25-22)17-6-4-16(3)5-7-17)23(29)31-14-21(28)26-8-10-30-11-9-26/h4-7,12-13,15H,8-11,14H2,1-3H3. The maximum Gasteiger partial charge on any atom is 0.339 e. The molecule has 0 radical (unpaired) electrons. The quantitative estimate of drug-likeness (QED) is 0.588. The molecule has 0 N–H and O–H groups in total. The Morgan fingerprint density at radius 1 is 1.16 bits per heavy atom. The van der Waals surface area contributed by atoms with Crippen LogP contribution in [-0.4, -0.2) is 64.5 Å². The highest BCUT2D eigenvalue weighted by Crippen LogP contribution is 2.27. The summed E-state index contributed by atoms with van der Waals surface area (Å²) in [4.78, 5) is 31.8. The van der Waals surface area contributed by atoms with Crippen molar-refractivity contribution in [2.24, 2.45) is 0 Å². The average molecular weight is 422 g/mol. The second-order valence-corrected chi connectivity index (χ2v) is 7.91. The van der Waals surface area contributed by atoms with Crippen LogP contribution in [0.4, 0.5) is 0 Å². The van der Waals surface area contributed by atoms with Gasteiger partial charge >= 0.3 is 5.97 Å². The minimum absolute atomic E-state index is 0.0741. The Labute approximate surface area is 180 Å². The van der Waals surface area contributed by atoms with Crippen molar-refractivity contribution in [2.75, 3.05) is 32.9 Å². The molecule has 2 aromatic heterocycles. The lowest BCUT2D eigenvalue weighted by Crippen LogP contribution is -2.42. The number of esters is 1. The number of rotatable bonds is 5. The van der Waals surface area contributed by atoms with E-state index in [1.165, 1.54) is 0 Å². The summed E-state index contributed by atoms with van der Waals surface area (Å²) in [7, 11) is 0. The monoisotopic (exact) mass is 422 g/mol. The van der Waals surface area contributed by atoms with Gasteiger partial charge in [0.1, 0.15) is 0 Å². The fourth-order valence-corrected chi connectivity index (χ4v) is 3.55. The lowest BCUT2D eigenvalue weighted by Gasteiger charge is -2.26. The van der Waals surface area contributed by atoms with Gasteiger partial charge in [0.05, 0.1) is 36.1 Å². The number of aromatic nitrogens is 3. The van der Waals surface area contributed by atoms with Gasteiger partial charge in [-0.25, -0.2) is 14.5 Å². The number of morpholine rings is 1. The third-order valence-electron chi connectivity index (χ3n) is 5.31. The number of hydrogen-bond donors (Lipinski definition) is 0. The van der Waals surface area contributed by atoms with Crippen LogP contribution in [0.5, 0.6) is 0 Å². The fourth-order valence-electron chi connectivity index (χ4n) is 3.55. The lowest BCUT2D eigenvalue weighted by atomic mass is 10.1. The molecule has 1 saturated heterocycles. The van der Waals surface area contributed by atoms with Crippen molar-refractivity contribution in [3.8, 4) is 11.3 Å². The Bertz CT molecular complexity index is 1100. The van der Waals surface area contributed by atoms with Gasteiger partial charge in [-0.15, -0.1) is 0 Å². The predicted molar refractivity (Wildman–Crippen MR) is 116 cm³/mol. The number of hydrogen-bond acceptors (Lipinski definition) is 6. The van der Waals surface area contributed by atoms with E-state index < -0.39 is 5.97 Å². The minimum atomic E-state index is -0.564. The molecular formula is C23H26N4O4. The molecule has 0 saturated carbocycles. The molecule has 4 rings (SSSR count). The number of aryl methyl sites for hydroxylation is 1. The van der Waals surface area contributed by atoms with E-state index in [0.29, 0.717) is 48.6 Å². The number of fused-ring (bicyclic) bond motifs is 1. The van der Waals surface area contributed by atoms with Crippen molar-refractivity contribution >= 4 is 22.9 Å². The SMILES string of the molecule is Cc1ccc(-c2cc(C(=O)OCC(=O)N3CCOCC3)c3cnn(C(C)C)c3n2)cc1. The average Bonchev–Trinajstić information content (AvgIpc) is 3.22. The molecule has 1 aromatic carbocycles. The molecule has 1 aliphatic heterocycles. The van der Waals surface area contributed by atoms with E-state index in [2.05, 4.69) is 5.10 Å². The highest BCUT2D eigenvalue weighted by atomic mass is 16.5. The summed E-state index contributed by atoms with van der Waals surface area (Å²) in [6.07, 6.45) is 1.63. The van der Waals surface area contributed by atoms with E-state index in [-0.39, 0.29) is 18.6 Å². The summed E-state index contributed by atoms with van der Waals surface area (Å²) in [5.74, 6) is -0.788. The van der Waals surface area contributed by atoms with Gasteiger partial charge in [0.25, 0.3) is 5.91 Å². The number of ether oxygens (including phenoxy) is 2. The van der Waals surface area contributed by atoms with Crippen LogP contribution >= 0.6 is 0 Å². The maximum atomic E-state index is 13.0. The van der Waals surface area contributed by atoms with Crippen molar-refractivity contribution in [1.82, 2.24) is 19.7 Å². The summed E-state index contributed by atoms with van der Waals surface area (Å²) in [5.41, 5.74) is 3.64. The molecule has 8 heteroatoms. The van der Waals surface area contributed by atoms with Gasteiger partial charge in [-0.05, 0) is 26.8 Å². The van der Waals surface area contributed by atoms with Crippen LogP contribution < -0.4 is 0 Å². The van der Waals surface area contributed by atoms with E-state index in [1.807, 2.05) is 45.0 Å². The summed E-state index contributed by atoms with van der Waals surface area (Å²) >= 11 is 0. The third-order valence-corrected chi connectivity index (χ3v) is 5.31. The third kappa shape index (κ3) is 4.44.